The molecule has 5 nitrogen and oxygen atoms in total. The molecular formula is C22H29N3O2S. The number of benzene rings is 2. The van der Waals surface area contributed by atoms with Gasteiger partial charge in [0, 0.05) is 31.9 Å². The van der Waals surface area contributed by atoms with E-state index in [4.69, 9.17) is 17.0 Å². The van der Waals surface area contributed by atoms with Gasteiger partial charge in [0.15, 0.2) is 5.11 Å². The summed E-state index contributed by atoms with van der Waals surface area (Å²) in [6.45, 7) is 4.83. The molecule has 0 aliphatic heterocycles. The Morgan fingerprint density at radius 1 is 1.14 bits per heavy atom. The number of rotatable bonds is 8. The number of amides is 1. The second kappa shape index (κ2) is 10.7. The van der Waals surface area contributed by atoms with Gasteiger partial charge in [0.05, 0.1) is 6.10 Å². The van der Waals surface area contributed by atoms with Crippen LogP contribution >= 0.6 is 12.2 Å². The predicted octanol–water partition coefficient (Wildman–Crippen LogP) is 4.09. The number of nitrogens with one attached hydrogen (secondary N) is 2. The zero-order valence-electron chi connectivity index (χ0n) is 17.0. The van der Waals surface area contributed by atoms with E-state index in [0.29, 0.717) is 10.7 Å². The van der Waals surface area contributed by atoms with Crippen molar-refractivity contribution in [1.82, 2.24) is 10.2 Å². The van der Waals surface area contributed by atoms with E-state index in [1.54, 1.807) is 31.1 Å². The third kappa shape index (κ3) is 7.19. The smallest absolute Gasteiger partial charge is 0.253 e. The molecule has 2 N–H and O–H groups in total. The molecule has 28 heavy (non-hydrogen) atoms. The van der Waals surface area contributed by atoms with Crippen LogP contribution in [0.25, 0.3) is 0 Å². The van der Waals surface area contributed by atoms with Gasteiger partial charge in [-0.25, -0.2) is 0 Å². The van der Waals surface area contributed by atoms with Crippen LogP contribution in [-0.4, -0.2) is 42.7 Å². The Morgan fingerprint density at radius 2 is 1.86 bits per heavy atom. The zero-order chi connectivity index (χ0) is 20.5. The molecule has 0 aliphatic rings. The van der Waals surface area contributed by atoms with Crippen molar-refractivity contribution < 1.29 is 9.53 Å². The second-order valence-corrected chi connectivity index (χ2v) is 7.48. The van der Waals surface area contributed by atoms with Crippen molar-refractivity contribution in [2.24, 2.45) is 0 Å². The van der Waals surface area contributed by atoms with Gasteiger partial charge >= 0.3 is 0 Å². The lowest BCUT2D eigenvalue weighted by molar-refractivity contribution is 0.0827. The number of anilines is 1. The summed E-state index contributed by atoms with van der Waals surface area (Å²) in [6, 6.07) is 15.5. The van der Waals surface area contributed by atoms with Crippen LogP contribution in [0.5, 0.6) is 5.75 Å². The Hall–Kier alpha value is -2.60. The minimum atomic E-state index is -0.0184. The first kappa shape index (κ1) is 21.7. The van der Waals surface area contributed by atoms with Crippen molar-refractivity contribution in [2.75, 3.05) is 26.0 Å². The van der Waals surface area contributed by atoms with Crippen molar-refractivity contribution in [3.63, 3.8) is 0 Å². The van der Waals surface area contributed by atoms with E-state index in [-0.39, 0.29) is 12.0 Å². The maximum atomic E-state index is 11.9. The number of nitrogens with zero attached hydrogens (tertiary/aromatic N) is 1. The highest BCUT2D eigenvalue weighted by atomic mass is 32.1. The maximum Gasteiger partial charge on any atom is 0.253 e. The van der Waals surface area contributed by atoms with Crippen molar-refractivity contribution in [2.45, 2.75) is 32.8 Å². The maximum absolute atomic E-state index is 11.9. The number of hydrogen-bond donors (Lipinski definition) is 2. The second-order valence-electron chi connectivity index (χ2n) is 7.08. The van der Waals surface area contributed by atoms with Gasteiger partial charge in [0.1, 0.15) is 5.75 Å². The van der Waals surface area contributed by atoms with Gasteiger partial charge < -0.3 is 20.3 Å². The van der Waals surface area contributed by atoms with Gasteiger partial charge in [-0.3, -0.25) is 4.79 Å². The molecule has 0 atom stereocenters. The number of carbonyl (C=O) groups excluding carboxylic acids is 1. The van der Waals surface area contributed by atoms with Gasteiger partial charge in [-0.1, -0.05) is 12.1 Å². The molecule has 2 aromatic carbocycles. The van der Waals surface area contributed by atoms with Gasteiger partial charge in [-0.05, 0) is 80.9 Å². The first-order chi connectivity index (χ1) is 13.3. The lowest BCUT2D eigenvalue weighted by Crippen LogP contribution is -2.29. The normalized spacial score (nSPS) is 10.5. The highest BCUT2D eigenvalue weighted by molar-refractivity contribution is 7.80. The van der Waals surface area contributed by atoms with E-state index >= 15 is 0 Å². The first-order valence-electron chi connectivity index (χ1n) is 9.47. The van der Waals surface area contributed by atoms with Gasteiger partial charge in [0.2, 0.25) is 0 Å². The molecule has 0 radical (unpaired) electrons. The lowest BCUT2D eigenvalue weighted by atomic mass is 10.1. The van der Waals surface area contributed by atoms with Crippen LogP contribution in [0.15, 0.2) is 48.5 Å². The largest absolute Gasteiger partial charge is 0.491 e. The van der Waals surface area contributed by atoms with E-state index in [1.807, 2.05) is 38.1 Å². The summed E-state index contributed by atoms with van der Waals surface area (Å²) in [6.07, 6.45) is 2.09. The van der Waals surface area contributed by atoms with Gasteiger partial charge in [-0.2, -0.15) is 0 Å². The molecule has 6 heteroatoms. The van der Waals surface area contributed by atoms with Crippen LogP contribution < -0.4 is 15.4 Å². The Bertz CT molecular complexity index is 789. The highest BCUT2D eigenvalue weighted by Crippen LogP contribution is 2.16. The van der Waals surface area contributed by atoms with Gasteiger partial charge in [0.25, 0.3) is 5.91 Å². The SMILES string of the molecule is CC(C)Oc1cccc(CCCNC(=S)Nc2ccc(C(=O)N(C)C)cc2)c1. The van der Waals surface area contributed by atoms with Crippen molar-refractivity contribution >= 4 is 28.9 Å². The summed E-state index contributed by atoms with van der Waals surface area (Å²) in [7, 11) is 3.47. The summed E-state index contributed by atoms with van der Waals surface area (Å²) >= 11 is 5.34. The molecule has 2 aromatic rings. The molecule has 0 unspecified atom stereocenters. The molecule has 0 saturated heterocycles. The molecule has 150 valence electrons. The van der Waals surface area contributed by atoms with Crippen LogP contribution in [0.2, 0.25) is 0 Å². The number of ether oxygens (including phenoxy) is 1. The third-order valence-corrected chi connectivity index (χ3v) is 4.24. The third-order valence-electron chi connectivity index (χ3n) is 3.99. The van der Waals surface area contributed by atoms with Gasteiger partial charge in [-0.15, -0.1) is 0 Å². The van der Waals surface area contributed by atoms with E-state index in [1.165, 1.54) is 5.56 Å². The fourth-order valence-corrected chi connectivity index (χ4v) is 2.89. The van der Waals surface area contributed by atoms with Crippen LogP contribution in [0, 0.1) is 0 Å². The number of carbonyl (C=O) groups is 1. The summed E-state index contributed by atoms with van der Waals surface area (Å²) in [5.74, 6) is 0.893. The van der Waals surface area contributed by atoms with Crippen molar-refractivity contribution in [1.29, 1.82) is 0 Å². The van der Waals surface area contributed by atoms with Crippen molar-refractivity contribution in [3.8, 4) is 5.75 Å². The Kier molecular flexibility index (Phi) is 8.26. The van der Waals surface area contributed by atoms with E-state index < -0.39 is 0 Å². The number of thiocarbonyl (C=S) groups is 1. The Morgan fingerprint density at radius 3 is 2.50 bits per heavy atom. The molecule has 0 bridgehead atoms. The monoisotopic (exact) mass is 399 g/mol. The molecule has 0 spiro atoms. The fraction of sp³-hybridized carbons (Fsp3) is 0.364. The number of hydrogen-bond acceptors (Lipinski definition) is 3. The highest BCUT2D eigenvalue weighted by Gasteiger charge is 2.07. The van der Waals surface area contributed by atoms with Crippen LogP contribution in [-0.2, 0) is 6.42 Å². The lowest BCUT2D eigenvalue weighted by Gasteiger charge is -2.13. The zero-order valence-corrected chi connectivity index (χ0v) is 17.8. The topological polar surface area (TPSA) is 53.6 Å². The summed E-state index contributed by atoms with van der Waals surface area (Å²) < 4.78 is 5.73. The molecule has 0 aliphatic carbocycles. The van der Waals surface area contributed by atoms with E-state index in [9.17, 15) is 4.79 Å². The Balaban J connectivity index is 1.73. The van der Waals surface area contributed by atoms with Crippen molar-refractivity contribution in [3.05, 3.63) is 59.7 Å². The average Bonchev–Trinajstić information content (AvgIpc) is 2.65. The van der Waals surface area contributed by atoms with E-state index in [2.05, 4.69) is 22.8 Å². The molecule has 2 rings (SSSR count). The average molecular weight is 400 g/mol. The van der Waals surface area contributed by atoms with Crippen LogP contribution in [0.1, 0.15) is 36.2 Å². The van der Waals surface area contributed by atoms with Crippen LogP contribution in [0.3, 0.4) is 0 Å². The molecule has 1 amide bonds. The molecule has 0 heterocycles. The number of aryl methyl sites for hydroxylation is 1. The molecule has 0 fully saturated rings. The minimum Gasteiger partial charge on any atom is -0.491 e. The molecular weight excluding hydrogens is 370 g/mol. The summed E-state index contributed by atoms with van der Waals surface area (Å²) in [4.78, 5) is 13.5. The Labute approximate surface area is 173 Å². The summed E-state index contributed by atoms with van der Waals surface area (Å²) in [5, 5.41) is 6.93. The van der Waals surface area contributed by atoms with E-state index in [0.717, 1.165) is 30.8 Å². The molecule has 0 saturated carbocycles. The summed E-state index contributed by atoms with van der Waals surface area (Å²) in [5.41, 5.74) is 2.75. The minimum absolute atomic E-state index is 0.0184. The predicted molar refractivity (Wildman–Crippen MR) is 119 cm³/mol. The first-order valence-corrected chi connectivity index (χ1v) is 9.88. The van der Waals surface area contributed by atoms with Crippen LogP contribution in [0.4, 0.5) is 5.69 Å². The fourth-order valence-electron chi connectivity index (χ4n) is 2.67. The quantitative estimate of drug-likeness (QED) is 0.517. The standard InChI is InChI=1S/C22H29N3O2S/c1-16(2)27-20-9-5-7-17(15-20)8-6-14-23-22(28)24-19-12-10-18(11-13-19)21(26)25(3)4/h5,7,9-13,15-16H,6,8,14H2,1-4H3,(H2,23,24,28). The molecule has 0 aromatic heterocycles.